The second-order valence-corrected chi connectivity index (χ2v) is 17.8. The number of carbonyl (C=O) groups is 3. The number of imidazole rings is 1. The molecule has 0 bridgehead atoms. The number of ether oxygens (including phenoxy) is 1. The van der Waals surface area contributed by atoms with Gasteiger partial charge in [-0.3, -0.25) is 32.5 Å². The van der Waals surface area contributed by atoms with Gasteiger partial charge in [-0.25, -0.2) is 28.6 Å². The number of carbonyl (C=O) groups excluding carboxylic acids is 3. The van der Waals surface area contributed by atoms with Gasteiger partial charge in [-0.1, -0.05) is 31.2 Å². The van der Waals surface area contributed by atoms with Gasteiger partial charge in [-0.2, -0.15) is 4.31 Å². The largest absolute Gasteiger partial charge is 0.481 e. The molecule has 0 spiro atoms. The molecule has 54 heavy (non-hydrogen) atoms. The lowest BCUT2D eigenvalue weighted by Crippen LogP contribution is -2.46. The molecule has 24 nitrogen and oxygen atoms in total. The maximum absolute atomic E-state index is 12.6. The highest BCUT2D eigenvalue weighted by atomic mass is 32.2. The molecule has 0 aromatic carbocycles. The van der Waals surface area contributed by atoms with E-state index in [1.54, 1.807) is 13.8 Å². The van der Waals surface area contributed by atoms with Crippen LogP contribution in [0.3, 0.4) is 0 Å². The first-order valence-corrected chi connectivity index (χ1v) is 21.1. The fourth-order valence-electron chi connectivity index (χ4n) is 4.56. The Hall–Kier alpha value is -2.70. The predicted octanol–water partition coefficient (Wildman–Crippen LogP) is -0.369. The third kappa shape index (κ3) is 13.8. The Morgan fingerprint density at radius 1 is 1.07 bits per heavy atom. The zero-order valence-corrected chi connectivity index (χ0v) is 32.7. The predicted molar refractivity (Wildman–Crippen MR) is 187 cm³/mol. The van der Waals surface area contributed by atoms with Gasteiger partial charge in [0.15, 0.2) is 17.7 Å². The number of phosphoric acid groups is 3. The summed E-state index contributed by atoms with van der Waals surface area (Å²) in [7, 11) is -16.4. The maximum Gasteiger partial charge on any atom is 0.481 e. The molecule has 2 aromatic heterocycles. The summed E-state index contributed by atoms with van der Waals surface area (Å²) >= 11 is 1.02. The van der Waals surface area contributed by atoms with Crippen LogP contribution >= 0.6 is 35.2 Å². The lowest BCUT2D eigenvalue weighted by molar-refractivity contribution is -0.137. The summed E-state index contributed by atoms with van der Waals surface area (Å²) in [5.74, 6) is -1.13. The molecule has 28 heteroatoms. The second kappa shape index (κ2) is 19.0. The number of anilines is 1. The zero-order valence-electron chi connectivity index (χ0n) is 29.2. The quantitative estimate of drug-likeness (QED) is 0.0466. The van der Waals surface area contributed by atoms with Crippen molar-refractivity contribution in [3.05, 3.63) is 24.3 Å². The van der Waals surface area contributed by atoms with E-state index in [1.807, 2.05) is 0 Å². The number of fused-ring (bicyclic) bond motifs is 1. The summed E-state index contributed by atoms with van der Waals surface area (Å²) in [6.45, 7) is 4.03. The number of aliphatic hydroxyl groups is 2. The normalized spacial score (nSPS) is 21.9. The number of rotatable bonds is 20. The molecule has 1 fully saturated rings. The van der Waals surface area contributed by atoms with E-state index in [0.29, 0.717) is 5.75 Å². The second-order valence-electron chi connectivity index (χ2n) is 12.5. The van der Waals surface area contributed by atoms with Gasteiger partial charge in [0.25, 0.3) is 0 Å². The van der Waals surface area contributed by atoms with Gasteiger partial charge in [0.1, 0.15) is 36.3 Å². The van der Waals surface area contributed by atoms with E-state index >= 15 is 0 Å². The number of aliphatic hydroxyl groups excluding tert-OH is 2. The molecule has 7 atom stereocenters. The summed E-state index contributed by atoms with van der Waals surface area (Å²) in [4.78, 5) is 87.0. The van der Waals surface area contributed by atoms with Gasteiger partial charge >= 0.3 is 23.5 Å². The Morgan fingerprint density at radius 3 is 2.39 bits per heavy atom. The highest BCUT2D eigenvalue weighted by molar-refractivity contribution is 8.14. The highest BCUT2D eigenvalue weighted by Gasteiger charge is 2.50. The van der Waals surface area contributed by atoms with Crippen LogP contribution in [-0.4, -0.2) is 123 Å². The average molecular weight is 850 g/mol. The summed E-state index contributed by atoms with van der Waals surface area (Å²) < 4.78 is 62.0. The summed E-state index contributed by atoms with van der Waals surface area (Å²) in [5, 5.41) is 26.1. The van der Waals surface area contributed by atoms with E-state index in [9.17, 15) is 57.9 Å². The molecule has 3 heterocycles. The molecule has 2 unspecified atom stereocenters. The molecular formula is C26H42N7O17P3S. The first-order chi connectivity index (χ1) is 24.9. The standard InChI is InChI=1S/C26H42N7O17P3S/c1-14(2)9-17(35)54-8-7-28-16(34)5-6-29-24(38)21(37)26(3,4)11-47-53(44,45)50-52(42,43)46-10-15-20(49-51(39,40)41)19(36)25(48-15)33-13-32-18-22(27)30-12-31-23(18)33/h9,12-13,15,19-21,25,36-37H,5-8,10-11H2,1-4H3,(H,28,34)(H,29,38)(H,42,43)(H,44,45)(H2,27,30,31)(H2,39,40,41)/t15-,19-,20-,21-,25-/m0/s1. The van der Waals surface area contributed by atoms with Crippen molar-refractivity contribution in [1.29, 1.82) is 0 Å². The average Bonchev–Trinajstić information content (AvgIpc) is 3.60. The number of nitrogen functional groups attached to an aromatic ring is 1. The van der Waals surface area contributed by atoms with Crippen molar-refractivity contribution in [2.24, 2.45) is 5.41 Å². The molecule has 0 aliphatic carbocycles. The van der Waals surface area contributed by atoms with Crippen LogP contribution in [0.2, 0.25) is 0 Å². The Kier molecular flexibility index (Phi) is 16.0. The van der Waals surface area contributed by atoms with Crippen LogP contribution in [0.5, 0.6) is 0 Å². The Morgan fingerprint density at radius 2 is 1.74 bits per heavy atom. The van der Waals surface area contributed by atoms with Crippen molar-refractivity contribution in [2.45, 2.75) is 64.8 Å². The third-order valence-electron chi connectivity index (χ3n) is 7.15. The minimum absolute atomic E-state index is 0.0301. The van der Waals surface area contributed by atoms with E-state index in [0.717, 1.165) is 34.6 Å². The molecule has 304 valence electrons. The molecule has 1 aliphatic heterocycles. The number of phosphoric ester groups is 3. The van der Waals surface area contributed by atoms with Gasteiger partial charge in [0.2, 0.25) is 16.9 Å². The van der Waals surface area contributed by atoms with Crippen molar-refractivity contribution >= 4 is 69.1 Å². The van der Waals surface area contributed by atoms with Gasteiger partial charge in [-0.05, 0) is 19.9 Å². The van der Waals surface area contributed by atoms with Crippen LogP contribution in [-0.2, 0) is 50.7 Å². The molecular weight excluding hydrogens is 807 g/mol. The molecule has 1 saturated heterocycles. The lowest BCUT2D eigenvalue weighted by atomic mass is 9.87. The van der Waals surface area contributed by atoms with Crippen molar-refractivity contribution in [2.75, 3.05) is 37.8 Å². The summed E-state index contributed by atoms with van der Waals surface area (Å²) in [5.41, 5.74) is 5.10. The molecule has 1 aliphatic rings. The molecule has 10 N–H and O–H groups in total. The van der Waals surface area contributed by atoms with Crippen molar-refractivity contribution in [3.63, 3.8) is 0 Å². The Bertz CT molecular complexity index is 1840. The first kappa shape index (κ1) is 45.7. The summed E-state index contributed by atoms with van der Waals surface area (Å²) in [6, 6.07) is 0. The molecule has 3 rings (SSSR count). The van der Waals surface area contributed by atoms with E-state index in [2.05, 4.69) is 34.4 Å². The Labute approximate surface area is 311 Å². The fraction of sp³-hybridized carbons (Fsp3) is 0.615. The van der Waals surface area contributed by atoms with Crippen LogP contribution in [0.1, 0.15) is 40.3 Å². The van der Waals surface area contributed by atoms with E-state index in [1.165, 1.54) is 19.9 Å². The zero-order chi connectivity index (χ0) is 40.6. The van der Waals surface area contributed by atoms with Crippen molar-refractivity contribution in [3.8, 4) is 0 Å². The monoisotopic (exact) mass is 849 g/mol. The minimum atomic E-state index is -5.57. The number of nitrogens with one attached hydrogen (secondary N) is 2. The topological polar surface area (TPSA) is 364 Å². The molecule has 2 amide bonds. The van der Waals surface area contributed by atoms with E-state index in [-0.39, 0.29) is 41.6 Å². The highest BCUT2D eigenvalue weighted by Crippen LogP contribution is 2.61. The number of hydrogen-bond acceptors (Lipinski definition) is 18. The number of aromatic nitrogens is 4. The number of allylic oxidation sites excluding steroid dienone is 1. The van der Waals surface area contributed by atoms with Crippen molar-refractivity contribution in [1.82, 2.24) is 30.2 Å². The Balaban J connectivity index is 1.51. The van der Waals surface area contributed by atoms with Crippen LogP contribution in [0.25, 0.3) is 11.2 Å². The molecule has 2 aromatic rings. The summed E-state index contributed by atoms with van der Waals surface area (Å²) in [6.07, 6.45) is -5.45. The maximum atomic E-state index is 12.6. The number of nitrogens with zero attached hydrogens (tertiary/aromatic N) is 4. The van der Waals surface area contributed by atoms with Gasteiger partial charge in [0.05, 0.1) is 19.5 Å². The van der Waals surface area contributed by atoms with Gasteiger partial charge in [-0.15, -0.1) is 0 Å². The number of nitrogens with two attached hydrogens (primary N) is 1. The van der Waals surface area contributed by atoms with Crippen LogP contribution in [0.4, 0.5) is 5.82 Å². The smallest absolute Gasteiger partial charge is 0.386 e. The van der Waals surface area contributed by atoms with Gasteiger partial charge in [0, 0.05) is 30.7 Å². The van der Waals surface area contributed by atoms with Crippen LogP contribution in [0, 0.1) is 5.41 Å². The number of amides is 2. The van der Waals surface area contributed by atoms with Crippen LogP contribution in [0.15, 0.2) is 24.3 Å². The third-order valence-corrected chi connectivity index (χ3v) is 11.1. The van der Waals surface area contributed by atoms with Gasteiger partial charge < -0.3 is 50.9 Å². The SMILES string of the molecule is CC(C)=CC(=O)SCCNC(=O)CCNC(=O)[C@H](O)C(C)(C)COP(=O)(O)OP(=O)(O)OC[C@@H]1O[C@H](n2cnc3c(N)ncnc32)[C@@H](O)[C@H]1OP(=O)(O)O. The number of hydrogen-bond donors (Lipinski definition) is 9. The minimum Gasteiger partial charge on any atom is -0.386 e. The van der Waals surface area contributed by atoms with Crippen molar-refractivity contribution < 1.29 is 80.5 Å². The lowest BCUT2D eigenvalue weighted by Gasteiger charge is -2.30. The molecule has 0 radical (unpaired) electrons. The molecule has 0 saturated carbocycles. The van der Waals surface area contributed by atoms with E-state index < -0.39 is 84.6 Å². The van der Waals surface area contributed by atoms with E-state index in [4.69, 9.17) is 19.5 Å². The first-order valence-electron chi connectivity index (χ1n) is 15.6. The fourth-order valence-corrected chi connectivity index (χ4v) is 8.11. The van der Waals surface area contributed by atoms with Crippen LogP contribution < -0.4 is 16.4 Å². The number of thioether (sulfide) groups is 1.